The Morgan fingerprint density at radius 2 is 1.14 bits per heavy atom. The van der Waals surface area contributed by atoms with Crippen molar-refractivity contribution >= 4 is 11.9 Å². The molecular formula is C22H26O6U. The van der Waals surface area contributed by atoms with E-state index in [1.54, 1.807) is 24.3 Å². The molecule has 0 saturated carbocycles. The second-order valence-electron chi connectivity index (χ2n) is 6.12. The van der Waals surface area contributed by atoms with Crippen molar-refractivity contribution in [2.24, 2.45) is 0 Å². The van der Waals surface area contributed by atoms with E-state index in [1.807, 2.05) is 52.0 Å². The maximum Gasteiger partial charge on any atom is 0.342 e. The van der Waals surface area contributed by atoms with Crippen LogP contribution in [0.3, 0.4) is 0 Å². The van der Waals surface area contributed by atoms with Gasteiger partial charge in [0.15, 0.2) is 0 Å². The van der Waals surface area contributed by atoms with Crippen molar-refractivity contribution in [3.05, 3.63) is 70.8 Å². The Balaban J connectivity index is 0.00000136. The number of hydrogen-bond acceptors (Lipinski definition) is 6. The number of carbonyl (C=O) groups is 2. The smallest absolute Gasteiger partial charge is 0.342 e. The number of esters is 2. The topological polar surface area (TPSA) is 71.1 Å². The molecule has 6 nitrogen and oxygen atoms in total. The molecule has 2 aromatic rings. The van der Waals surface area contributed by atoms with Crippen molar-refractivity contribution in [3.63, 3.8) is 0 Å². The van der Waals surface area contributed by atoms with Crippen LogP contribution in [0.4, 0.5) is 0 Å². The Morgan fingerprint density at radius 3 is 1.55 bits per heavy atom. The maximum absolute atomic E-state index is 12.1. The quantitative estimate of drug-likeness (QED) is 0.479. The Morgan fingerprint density at radius 1 is 0.759 bits per heavy atom. The van der Waals surface area contributed by atoms with Gasteiger partial charge in [0.25, 0.3) is 0 Å². The third kappa shape index (κ3) is 7.94. The molecule has 0 bridgehead atoms. The molecule has 0 N–H and O–H groups in total. The first kappa shape index (κ1) is 25.4. The van der Waals surface area contributed by atoms with Crippen molar-refractivity contribution in [2.45, 2.75) is 40.3 Å². The largest absolute Gasteiger partial charge is 0.454 e. The average Bonchev–Trinajstić information content (AvgIpc) is 2.72. The monoisotopic (exact) mass is 624 g/mol. The van der Waals surface area contributed by atoms with Crippen LogP contribution >= 0.6 is 0 Å². The Kier molecular flexibility index (Phi) is 11.2. The normalized spacial score (nSPS) is 17.8. The predicted molar refractivity (Wildman–Crippen MR) is 104 cm³/mol. The number of aryl methyl sites for hydroxylation is 2. The third-order valence-corrected chi connectivity index (χ3v) is 3.89. The van der Waals surface area contributed by atoms with Gasteiger partial charge in [-0.05, 0) is 38.1 Å². The van der Waals surface area contributed by atoms with E-state index in [2.05, 4.69) is 0 Å². The number of hydrogen-bond donors (Lipinski definition) is 0. The van der Waals surface area contributed by atoms with Crippen molar-refractivity contribution in [1.29, 1.82) is 0 Å². The molecule has 2 aromatic carbocycles. The second kappa shape index (κ2) is 12.8. The van der Waals surface area contributed by atoms with Gasteiger partial charge in [0, 0.05) is 31.1 Å². The first-order chi connectivity index (χ1) is 13.5. The molecule has 1 heterocycles. The molecule has 7 heteroatoms. The summed E-state index contributed by atoms with van der Waals surface area (Å²) in [5.41, 5.74) is 2.98. The van der Waals surface area contributed by atoms with Crippen LogP contribution in [0, 0.1) is 45.0 Å². The van der Waals surface area contributed by atoms with E-state index in [1.165, 1.54) is 0 Å². The van der Waals surface area contributed by atoms with Crippen molar-refractivity contribution in [1.82, 2.24) is 0 Å². The third-order valence-electron chi connectivity index (χ3n) is 3.89. The van der Waals surface area contributed by atoms with E-state index in [0.717, 1.165) is 11.1 Å². The zero-order chi connectivity index (χ0) is 20.5. The van der Waals surface area contributed by atoms with E-state index < -0.39 is 24.5 Å². The summed E-state index contributed by atoms with van der Waals surface area (Å²) in [6.07, 6.45) is -0.557. The molecule has 1 fully saturated rings. The molecule has 0 amide bonds. The number of ether oxygens (including phenoxy) is 4. The first-order valence-corrected chi connectivity index (χ1v) is 9.30. The Labute approximate surface area is 195 Å². The van der Waals surface area contributed by atoms with E-state index in [4.69, 9.17) is 18.9 Å². The Hall–Kier alpha value is -1.65. The van der Waals surface area contributed by atoms with Gasteiger partial charge in [-0.15, -0.1) is 0 Å². The van der Waals surface area contributed by atoms with Gasteiger partial charge in [-0.3, -0.25) is 0 Å². The molecule has 1 saturated heterocycles. The van der Waals surface area contributed by atoms with Gasteiger partial charge < -0.3 is 18.9 Å². The van der Waals surface area contributed by atoms with Gasteiger partial charge in [-0.1, -0.05) is 49.2 Å². The van der Waals surface area contributed by atoms with Crippen LogP contribution in [0.5, 0.6) is 0 Å². The summed E-state index contributed by atoms with van der Waals surface area (Å²) in [6.45, 7) is 6.93. The Bertz CT molecular complexity index is 697. The van der Waals surface area contributed by atoms with Crippen LogP contribution in [-0.2, 0) is 18.9 Å². The van der Waals surface area contributed by atoms with Crippen LogP contribution in [0.15, 0.2) is 48.5 Å². The maximum atomic E-state index is 12.1. The van der Waals surface area contributed by atoms with Crippen LogP contribution in [0.25, 0.3) is 0 Å². The molecule has 0 aromatic heterocycles. The molecule has 0 spiro atoms. The van der Waals surface area contributed by atoms with E-state index in [9.17, 15) is 9.59 Å². The summed E-state index contributed by atoms with van der Waals surface area (Å²) in [7, 11) is 0. The summed E-state index contributed by atoms with van der Waals surface area (Å²) < 4.78 is 21.1. The van der Waals surface area contributed by atoms with Crippen molar-refractivity contribution < 1.29 is 59.6 Å². The predicted octanol–water partition coefficient (Wildman–Crippen LogP) is 4.04. The molecule has 1 aliphatic rings. The molecule has 0 radical (unpaired) electrons. The van der Waals surface area contributed by atoms with Crippen LogP contribution in [-0.4, -0.2) is 37.7 Å². The van der Waals surface area contributed by atoms with Crippen molar-refractivity contribution in [2.75, 3.05) is 13.2 Å². The van der Waals surface area contributed by atoms with Crippen molar-refractivity contribution in [3.8, 4) is 0 Å². The average molecular weight is 624 g/mol. The van der Waals surface area contributed by atoms with E-state index >= 15 is 0 Å². The molecule has 1 aliphatic heterocycles. The summed E-state index contributed by atoms with van der Waals surface area (Å²) in [5, 5.41) is 0. The molecule has 0 aliphatic carbocycles. The minimum atomic E-state index is -1.11. The summed E-state index contributed by atoms with van der Waals surface area (Å²) >= 11 is 0. The zero-order valence-corrected chi connectivity index (χ0v) is 21.3. The first-order valence-electron chi connectivity index (χ1n) is 9.30. The fourth-order valence-electron chi connectivity index (χ4n) is 2.36. The number of rotatable bonds is 4. The standard InChI is InChI=1S/C20H20O6.C2H6.U/c1-13-3-7-15(8-4-13)18(21)25-17-11-23-20(24-12-17)26-19(22)16-9-5-14(2)6-10-16;1-2;/h3-10,17,20H,11-12H2,1-2H3;1-2H3;. The minimum Gasteiger partial charge on any atom is -0.454 e. The van der Waals surface area contributed by atoms with Crippen LogP contribution in [0.2, 0.25) is 0 Å². The summed E-state index contributed by atoms with van der Waals surface area (Å²) in [4.78, 5) is 24.1. The second-order valence-corrected chi connectivity index (χ2v) is 6.12. The summed E-state index contributed by atoms with van der Waals surface area (Å²) in [5.74, 6) is -0.984. The number of carbonyl (C=O) groups excluding carboxylic acids is 2. The van der Waals surface area contributed by atoms with Gasteiger partial charge in [0.05, 0.1) is 24.3 Å². The fraction of sp³-hybridized carbons (Fsp3) is 0.364. The molecule has 29 heavy (non-hydrogen) atoms. The van der Waals surface area contributed by atoms with Gasteiger partial charge in [0.1, 0.15) is 6.10 Å². The van der Waals surface area contributed by atoms with E-state index in [-0.39, 0.29) is 44.3 Å². The molecule has 0 atom stereocenters. The van der Waals surface area contributed by atoms with Gasteiger partial charge >= 0.3 is 18.4 Å². The minimum absolute atomic E-state index is 0. The molecule has 3 rings (SSSR count). The molecule has 0 unspecified atom stereocenters. The van der Waals surface area contributed by atoms with E-state index in [0.29, 0.717) is 11.1 Å². The number of benzene rings is 2. The fourth-order valence-corrected chi connectivity index (χ4v) is 2.36. The van der Waals surface area contributed by atoms with Gasteiger partial charge in [0.2, 0.25) is 0 Å². The summed E-state index contributed by atoms with van der Waals surface area (Å²) in [6, 6.07) is 14.1. The zero-order valence-electron chi connectivity index (χ0n) is 17.1. The molecular weight excluding hydrogens is 598 g/mol. The molecule has 154 valence electrons. The SMILES string of the molecule is CC.Cc1ccc(C(=O)OC2COC(OC(=O)c3ccc(C)cc3)OC2)cc1.[U]. The van der Waals surface area contributed by atoms with Gasteiger partial charge in [-0.2, -0.15) is 0 Å². The van der Waals surface area contributed by atoms with Crippen LogP contribution in [0.1, 0.15) is 45.7 Å². The van der Waals surface area contributed by atoms with Gasteiger partial charge in [-0.25, -0.2) is 9.59 Å². The van der Waals surface area contributed by atoms with Crippen LogP contribution < -0.4 is 0 Å².